The zero-order valence-electron chi connectivity index (χ0n) is 7.41. The Hall–Kier alpha value is -2.12. The maximum absolute atomic E-state index is 5.54. The van der Waals surface area contributed by atoms with Gasteiger partial charge in [0.25, 0.3) is 0 Å². The number of nitrogens with two attached hydrogens (primary N) is 2. The van der Waals surface area contributed by atoms with Crippen molar-refractivity contribution in [2.75, 3.05) is 11.7 Å². The van der Waals surface area contributed by atoms with Crippen molar-refractivity contribution in [1.29, 1.82) is 0 Å². The Bertz CT molecular complexity index is 375. The van der Waals surface area contributed by atoms with Gasteiger partial charge in [0.15, 0.2) is 11.6 Å². The Balaban J connectivity index is 2.02. The molecule has 2 rings (SSSR count). The molecule has 0 radical (unpaired) electrons. The van der Waals surface area contributed by atoms with Crippen LogP contribution < -0.4 is 11.7 Å². The van der Waals surface area contributed by atoms with E-state index in [1.54, 1.807) is 0 Å². The lowest BCUT2D eigenvalue weighted by Crippen LogP contribution is -2.15. The number of nitrogens with zero attached hydrogens (tertiary/aromatic N) is 6. The highest BCUT2D eigenvalue weighted by Gasteiger charge is 2.05. The fraction of sp³-hybridized carbons (Fsp3) is 0.333. The molecule has 0 aromatic carbocycles. The SMILES string of the molecule is Nn1cnnc1CCc1nncn1N. The molecule has 0 aliphatic rings. The quantitative estimate of drug-likeness (QED) is 0.551. The molecule has 2 heterocycles. The van der Waals surface area contributed by atoms with E-state index < -0.39 is 0 Å². The van der Waals surface area contributed by atoms with E-state index in [9.17, 15) is 0 Å². The van der Waals surface area contributed by atoms with Gasteiger partial charge in [-0.1, -0.05) is 0 Å². The molecule has 74 valence electrons. The monoisotopic (exact) mass is 194 g/mol. The largest absolute Gasteiger partial charge is 0.336 e. The molecule has 0 fully saturated rings. The van der Waals surface area contributed by atoms with Gasteiger partial charge in [0.05, 0.1) is 0 Å². The second kappa shape index (κ2) is 3.32. The predicted molar refractivity (Wildman–Crippen MR) is 47.8 cm³/mol. The van der Waals surface area contributed by atoms with E-state index in [2.05, 4.69) is 20.4 Å². The molecule has 14 heavy (non-hydrogen) atoms. The first-order chi connectivity index (χ1) is 6.77. The average Bonchev–Trinajstić information content (AvgIpc) is 2.72. The molecule has 0 amide bonds. The van der Waals surface area contributed by atoms with E-state index in [1.807, 2.05) is 0 Å². The third-order valence-corrected chi connectivity index (χ3v) is 1.87. The second-order valence-corrected chi connectivity index (χ2v) is 2.81. The molecule has 0 aliphatic carbocycles. The maximum atomic E-state index is 5.54. The van der Waals surface area contributed by atoms with Crippen molar-refractivity contribution < 1.29 is 0 Å². The van der Waals surface area contributed by atoms with Crippen LogP contribution >= 0.6 is 0 Å². The van der Waals surface area contributed by atoms with Gasteiger partial charge in [0.1, 0.15) is 12.7 Å². The average molecular weight is 194 g/mol. The first kappa shape index (κ1) is 8.48. The predicted octanol–water partition coefficient (Wildman–Crippen LogP) is -1.92. The molecular formula is C6H10N8. The highest BCUT2D eigenvalue weighted by Crippen LogP contribution is 1.98. The van der Waals surface area contributed by atoms with Gasteiger partial charge in [0, 0.05) is 12.8 Å². The van der Waals surface area contributed by atoms with Crippen molar-refractivity contribution in [2.45, 2.75) is 12.8 Å². The van der Waals surface area contributed by atoms with Gasteiger partial charge in [-0.05, 0) is 0 Å². The van der Waals surface area contributed by atoms with E-state index >= 15 is 0 Å². The van der Waals surface area contributed by atoms with E-state index in [4.69, 9.17) is 11.7 Å². The number of aryl methyl sites for hydroxylation is 2. The number of hydrogen-bond acceptors (Lipinski definition) is 6. The lowest BCUT2D eigenvalue weighted by atomic mass is 10.3. The Labute approximate surface area is 79.5 Å². The molecule has 4 N–H and O–H groups in total. The van der Waals surface area contributed by atoms with E-state index in [0.717, 1.165) is 0 Å². The highest BCUT2D eigenvalue weighted by molar-refractivity contribution is 4.93. The third kappa shape index (κ3) is 1.49. The maximum Gasteiger partial charge on any atom is 0.151 e. The summed E-state index contributed by atoms with van der Waals surface area (Å²) in [6, 6.07) is 0. The first-order valence-corrected chi connectivity index (χ1v) is 4.05. The van der Waals surface area contributed by atoms with E-state index in [-0.39, 0.29) is 0 Å². The Morgan fingerprint density at radius 1 is 0.929 bits per heavy atom. The molecule has 0 bridgehead atoms. The van der Waals surface area contributed by atoms with Gasteiger partial charge in [0.2, 0.25) is 0 Å². The number of rotatable bonds is 3. The Morgan fingerprint density at radius 2 is 1.36 bits per heavy atom. The molecule has 0 aliphatic heterocycles. The van der Waals surface area contributed by atoms with Crippen LogP contribution in [0.25, 0.3) is 0 Å². The molecule has 0 atom stereocenters. The van der Waals surface area contributed by atoms with Crippen molar-refractivity contribution in [3.05, 3.63) is 24.3 Å². The molecular weight excluding hydrogens is 184 g/mol. The summed E-state index contributed by atoms with van der Waals surface area (Å²) >= 11 is 0. The summed E-state index contributed by atoms with van der Waals surface area (Å²) in [7, 11) is 0. The zero-order chi connectivity index (χ0) is 9.97. The van der Waals surface area contributed by atoms with Gasteiger partial charge in [-0.2, -0.15) is 0 Å². The molecule has 0 spiro atoms. The molecule has 0 saturated heterocycles. The number of nitrogen functional groups attached to an aromatic ring is 2. The van der Waals surface area contributed by atoms with Crippen LogP contribution in [0, 0.1) is 0 Å². The Kier molecular flexibility index (Phi) is 2.01. The van der Waals surface area contributed by atoms with Gasteiger partial charge in [-0.15, -0.1) is 20.4 Å². The van der Waals surface area contributed by atoms with Gasteiger partial charge in [-0.25, -0.2) is 9.35 Å². The summed E-state index contributed by atoms with van der Waals surface area (Å²) in [5, 5.41) is 15.0. The van der Waals surface area contributed by atoms with E-state index in [0.29, 0.717) is 24.5 Å². The summed E-state index contributed by atoms with van der Waals surface area (Å²) in [5.41, 5.74) is 0. The van der Waals surface area contributed by atoms with Crippen LogP contribution in [-0.2, 0) is 12.8 Å². The summed E-state index contributed by atoms with van der Waals surface area (Å²) in [5.74, 6) is 12.4. The minimum Gasteiger partial charge on any atom is -0.336 e. The fourth-order valence-electron chi connectivity index (χ4n) is 1.11. The summed E-state index contributed by atoms with van der Waals surface area (Å²) in [6.07, 6.45) is 4.16. The Morgan fingerprint density at radius 3 is 1.64 bits per heavy atom. The topological polar surface area (TPSA) is 113 Å². The highest BCUT2D eigenvalue weighted by atomic mass is 15.4. The van der Waals surface area contributed by atoms with Crippen LogP contribution in [0.3, 0.4) is 0 Å². The van der Waals surface area contributed by atoms with Gasteiger partial charge >= 0.3 is 0 Å². The van der Waals surface area contributed by atoms with E-state index in [1.165, 1.54) is 22.0 Å². The minimum absolute atomic E-state index is 0.631. The summed E-state index contributed by atoms with van der Waals surface area (Å²) in [4.78, 5) is 0. The summed E-state index contributed by atoms with van der Waals surface area (Å²) < 4.78 is 2.74. The summed E-state index contributed by atoms with van der Waals surface area (Å²) in [6.45, 7) is 0. The van der Waals surface area contributed by atoms with Crippen molar-refractivity contribution in [3.63, 3.8) is 0 Å². The van der Waals surface area contributed by atoms with Crippen LogP contribution in [0.15, 0.2) is 12.7 Å². The number of hydrogen-bond donors (Lipinski definition) is 2. The van der Waals surface area contributed by atoms with Crippen LogP contribution in [0.4, 0.5) is 0 Å². The van der Waals surface area contributed by atoms with Crippen LogP contribution in [-0.4, -0.2) is 29.7 Å². The molecule has 8 nitrogen and oxygen atoms in total. The normalized spacial score (nSPS) is 10.6. The van der Waals surface area contributed by atoms with Gasteiger partial charge in [-0.3, -0.25) is 0 Å². The lowest BCUT2D eigenvalue weighted by molar-refractivity contribution is 0.744. The molecule has 8 heteroatoms. The van der Waals surface area contributed by atoms with Crippen LogP contribution in [0.1, 0.15) is 11.6 Å². The zero-order valence-corrected chi connectivity index (χ0v) is 7.41. The molecule has 2 aromatic rings. The van der Waals surface area contributed by atoms with Crippen molar-refractivity contribution in [3.8, 4) is 0 Å². The third-order valence-electron chi connectivity index (χ3n) is 1.87. The second-order valence-electron chi connectivity index (χ2n) is 2.81. The lowest BCUT2D eigenvalue weighted by Gasteiger charge is -1.99. The standard InChI is InChI=1S/C6H10N8/c7-13-3-9-11-5(13)1-2-6-12-10-4-14(6)8/h3-4H,1-2,7-8H2. The fourth-order valence-corrected chi connectivity index (χ4v) is 1.11. The van der Waals surface area contributed by atoms with Gasteiger partial charge < -0.3 is 11.7 Å². The molecule has 2 aromatic heterocycles. The van der Waals surface area contributed by atoms with Crippen LogP contribution in [0.2, 0.25) is 0 Å². The smallest absolute Gasteiger partial charge is 0.151 e. The van der Waals surface area contributed by atoms with Crippen molar-refractivity contribution in [1.82, 2.24) is 29.7 Å². The molecule has 0 saturated carbocycles. The van der Waals surface area contributed by atoms with Crippen molar-refractivity contribution >= 4 is 0 Å². The van der Waals surface area contributed by atoms with Crippen molar-refractivity contribution in [2.24, 2.45) is 0 Å². The first-order valence-electron chi connectivity index (χ1n) is 4.05. The minimum atomic E-state index is 0.631. The molecule has 0 unspecified atom stereocenters. The van der Waals surface area contributed by atoms with Crippen LogP contribution in [0.5, 0.6) is 0 Å². The number of aromatic nitrogens is 6.